The Labute approximate surface area is 118 Å². The molecule has 3 heteroatoms. The van der Waals surface area contributed by atoms with Crippen molar-refractivity contribution in [3.8, 4) is 0 Å². The fourth-order valence-corrected chi connectivity index (χ4v) is 3.16. The molecule has 0 radical (unpaired) electrons. The molecule has 3 nitrogen and oxygen atoms in total. The monoisotopic (exact) mass is 268 g/mol. The molecule has 1 aliphatic rings. The van der Waals surface area contributed by atoms with E-state index in [1.165, 1.54) is 25.7 Å². The zero-order valence-electron chi connectivity index (χ0n) is 13.0. The molecule has 1 fully saturated rings. The van der Waals surface area contributed by atoms with Crippen molar-refractivity contribution < 1.29 is 4.79 Å². The number of nitrogens with one attached hydrogen (secondary N) is 1. The van der Waals surface area contributed by atoms with Gasteiger partial charge in [0.05, 0.1) is 0 Å². The highest BCUT2D eigenvalue weighted by Crippen LogP contribution is 2.23. The van der Waals surface area contributed by atoms with Crippen LogP contribution in [0.2, 0.25) is 0 Å². The highest BCUT2D eigenvalue weighted by Gasteiger charge is 2.22. The van der Waals surface area contributed by atoms with Gasteiger partial charge in [-0.25, -0.2) is 0 Å². The van der Waals surface area contributed by atoms with E-state index in [1.54, 1.807) is 0 Å². The summed E-state index contributed by atoms with van der Waals surface area (Å²) < 4.78 is 0. The van der Waals surface area contributed by atoms with Gasteiger partial charge in [-0.1, -0.05) is 40.0 Å². The van der Waals surface area contributed by atoms with E-state index in [0.717, 1.165) is 12.8 Å². The Hall–Kier alpha value is -0.570. The van der Waals surface area contributed by atoms with Gasteiger partial charge in [0.25, 0.3) is 0 Å². The first kappa shape index (κ1) is 16.5. The summed E-state index contributed by atoms with van der Waals surface area (Å²) in [7, 11) is 0. The lowest BCUT2D eigenvalue weighted by Gasteiger charge is -2.24. The molecule has 3 N–H and O–H groups in total. The van der Waals surface area contributed by atoms with Gasteiger partial charge in [-0.15, -0.1) is 0 Å². The number of amides is 1. The summed E-state index contributed by atoms with van der Waals surface area (Å²) in [6.45, 7) is 7.26. The fraction of sp³-hybridized carbons (Fsp3) is 0.938. The summed E-state index contributed by atoms with van der Waals surface area (Å²) in [4.78, 5) is 12.2. The molecule has 19 heavy (non-hydrogen) atoms. The lowest BCUT2D eigenvalue weighted by atomic mass is 9.93. The lowest BCUT2D eigenvalue weighted by Crippen LogP contribution is -2.40. The number of carbonyl (C=O) groups is 1. The van der Waals surface area contributed by atoms with E-state index in [4.69, 9.17) is 5.73 Å². The summed E-state index contributed by atoms with van der Waals surface area (Å²) >= 11 is 0. The second-order valence-electron chi connectivity index (χ2n) is 6.72. The zero-order chi connectivity index (χ0) is 14.3. The van der Waals surface area contributed by atoms with Gasteiger partial charge in [0.1, 0.15) is 0 Å². The van der Waals surface area contributed by atoms with Crippen LogP contribution in [0.3, 0.4) is 0 Å². The minimum atomic E-state index is 0.204. The highest BCUT2D eigenvalue weighted by molar-refractivity contribution is 5.76. The van der Waals surface area contributed by atoms with Crippen molar-refractivity contribution in [3.63, 3.8) is 0 Å². The SMILES string of the molecule is CC(C)C[C@H](CN)CC(=O)NC1CCCCCC1C. The first-order chi connectivity index (χ1) is 9.02. The number of hydrogen-bond donors (Lipinski definition) is 2. The molecule has 1 aliphatic carbocycles. The molecule has 3 atom stereocenters. The van der Waals surface area contributed by atoms with Gasteiger partial charge >= 0.3 is 0 Å². The van der Waals surface area contributed by atoms with Crippen LogP contribution in [0.4, 0.5) is 0 Å². The molecule has 0 saturated heterocycles. The summed E-state index contributed by atoms with van der Waals surface area (Å²) in [5.74, 6) is 1.77. The van der Waals surface area contributed by atoms with E-state index in [2.05, 4.69) is 26.1 Å². The summed E-state index contributed by atoms with van der Waals surface area (Å²) in [5.41, 5.74) is 5.77. The number of nitrogens with two attached hydrogens (primary N) is 1. The normalized spacial score (nSPS) is 25.9. The molecule has 0 spiro atoms. The summed E-state index contributed by atoms with van der Waals surface area (Å²) in [6.07, 6.45) is 7.91. The molecule has 0 bridgehead atoms. The van der Waals surface area contributed by atoms with Crippen LogP contribution in [0.1, 0.15) is 65.7 Å². The Bertz CT molecular complexity index is 265. The van der Waals surface area contributed by atoms with E-state index in [9.17, 15) is 4.79 Å². The molecule has 1 amide bonds. The molecular weight excluding hydrogens is 236 g/mol. The van der Waals surface area contributed by atoms with Crippen LogP contribution >= 0.6 is 0 Å². The third kappa shape index (κ3) is 6.42. The zero-order valence-corrected chi connectivity index (χ0v) is 13.0. The Morgan fingerprint density at radius 2 is 1.95 bits per heavy atom. The van der Waals surface area contributed by atoms with Crippen LogP contribution in [-0.4, -0.2) is 18.5 Å². The van der Waals surface area contributed by atoms with E-state index in [0.29, 0.717) is 36.8 Å². The van der Waals surface area contributed by atoms with E-state index in [1.807, 2.05) is 0 Å². The van der Waals surface area contributed by atoms with Crippen LogP contribution in [0, 0.1) is 17.8 Å². The molecule has 2 unspecified atom stereocenters. The van der Waals surface area contributed by atoms with Crippen molar-refractivity contribution >= 4 is 5.91 Å². The Morgan fingerprint density at radius 1 is 1.26 bits per heavy atom. The molecule has 1 rings (SSSR count). The minimum Gasteiger partial charge on any atom is -0.353 e. The fourth-order valence-electron chi connectivity index (χ4n) is 3.16. The second kappa shape index (κ2) is 8.57. The van der Waals surface area contributed by atoms with Crippen molar-refractivity contribution in [1.82, 2.24) is 5.32 Å². The molecule has 0 aliphatic heterocycles. The minimum absolute atomic E-state index is 0.204. The van der Waals surface area contributed by atoms with Crippen molar-refractivity contribution in [2.75, 3.05) is 6.54 Å². The number of rotatable bonds is 6. The Kier molecular flexibility index (Phi) is 7.44. The van der Waals surface area contributed by atoms with Crippen LogP contribution in [0.25, 0.3) is 0 Å². The summed E-state index contributed by atoms with van der Waals surface area (Å²) in [6, 6.07) is 0.382. The molecule has 0 heterocycles. The topological polar surface area (TPSA) is 55.1 Å². The van der Waals surface area contributed by atoms with Crippen LogP contribution < -0.4 is 11.1 Å². The molecule has 0 aromatic heterocycles. The largest absolute Gasteiger partial charge is 0.353 e. The second-order valence-corrected chi connectivity index (χ2v) is 6.72. The predicted octanol–water partition coefficient (Wildman–Crippen LogP) is 3.08. The molecule has 0 aromatic rings. The summed E-state index contributed by atoms with van der Waals surface area (Å²) in [5, 5.41) is 3.25. The first-order valence-corrected chi connectivity index (χ1v) is 8.02. The van der Waals surface area contributed by atoms with Crippen LogP contribution in [0.15, 0.2) is 0 Å². The van der Waals surface area contributed by atoms with E-state index in [-0.39, 0.29) is 5.91 Å². The molecular formula is C16H32N2O. The van der Waals surface area contributed by atoms with Gasteiger partial charge in [-0.2, -0.15) is 0 Å². The Balaban J connectivity index is 2.39. The van der Waals surface area contributed by atoms with Gasteiger partial charge in [0.2, 0.25) is 5.91 Å². The van der Waals surface area contributed by atoms with Crippen LogP contribution in [-0.2, 0) is 4.79 Å². The smallest absolute Gasteiger partial charge is 0.220 e. The van der Waals surface area contributed by atoms with Crippen molar-refractivity contribution in [1.29, 1.82) is 0 Å². The van der Waals surface area contributed by atoms with Gasteiger partial charge in [-0.3, -0.25) is 4.79 Å². The van der Waals surface area contributed by atoms with Gasteiger partial charge in [-0.05, 0) is 43.6 Å². The maximum Gasteiger partial charge on any atom is 0.220 e. The van der Waals surface area contributed by atoms with Crippen molar-refractivity contribution in [3.05, 3.63) is 0 Å². The standard InChI is InChI=1S/C16H32N2O/c1-12(2)9-14(11-17)10-16(19)18-15-8-6-4-5-7-13(15)3/h12-15H,4-11,17H2,1-3H3,(H,18,19)/t13?,14-,15?/m0/s1. The quantitative estimate of drug-likeness (QED) is 0.727. The number of carbonyl (C=O) groups excluding carboxylic acids is 1. The molecule has 112 valence electrons. The third-order valence-corrected chi connectivity index (χ3v) is 4.32. The van der Waals surface area contributed by atoms with Gasteiger partial charge < -0.3 is 11.1 Å². The maximum atomic E-state index is 12.2. The molecule has 1 saturated carbocycles. The van der Waals surface area contributed by atoms with E-state index < -0.39 is 0 Å². The lowest BCUT2D eigenvalue weighted by molar-refractivity contribution is -0.123. The average Bonchev–Trinajstić information content (AvgIpc) is 2.53. The number of hydrogen-bond acceptors (Lipinski definition) is 2. The van der Waals surface area contributed by atoms with Gasteiger partial charge in [0, 0.05) is 12.5 Å². The highest BCUT2D eigenvalue weighted by atomic mass is 16.1. The van der Waals surface area contributed by atoms with E-state index >= 15 is 0 Å². The average molecular weight is 268 g/mol. The van der Waals surface area contributed by atoms with Crippen molar-refractivity contribution in [2.24, 2.45) is 23.5 Å². The third-order valence-electron chi connectivity index (χ3n) is 4.32. The van der Waals surface area contributed by atoms with Crippen LogP contribution in [0.5, 0.6) is 0 Å². The van der Waals surface area contributed by atoms with Gasteiger partial charge in [0.15, 0.2) is 0 Å². The van der Waals surface area contributed by atoms with Crippen molar-refractivity contribution in [2.45, 2.75) is 71.8 Å². The Morgan fingerprint density at radius 3 is 2.58 bits per heavy atom. The maximum absolute atomic E-state index is 12.2. The predicted molar refractivity (Wildman–Crippen MR) is 80.8 cm³/mol. The molecule has 0 aromatic carbocycles. The first-order valence-electron chi connectivity index (χ1n) is 8.02.